The maximum Gasteiger partial charge on any atom is 0.412 e. The number of phenols is 1. The van der Waals surface area contributed by atoms with Crippen molar-refractivity contribution in [3.05, 3.63) is 95.8 Å². The fraction of sp³-hybridized carbons (Fsp3) is 0.207. The lowest BCUT2D eigenvalue weighted by Gasteiger charge is -2.34. The van der Waals surface area contributed by atoms with Gasteiger partial charge in [0.15, 0.2) is 11.6 Å². The highest BCUT2D eigenvalue weighted by atomic mass is 19.1. The van der Waals surface area contributed by atoms with E-state index in [1.807, 2.05) is 19.9 Å². The van der Waals surface area contributed by atoms with Crippen LogP contribution in [0.25, 0.3) is 0 Å². The van der Waals surface area contributed by atoms with Crippen molar-refractivity contribution >= 4 is 29.1 Å². The predicted molar refractivity (Wildman–Crippen MR) is 144 cm³/mol. The number of nitrogen functional groups attached to an aromatic ring is 1. The summed E-state index contributed by atoms with van der Waals surface area (Å²) < 4.78 is 19.9. The van der Waals surface area contributed by atoms with E-state index in [4.69, 9.17) is 15.7 Å². The molecule has 3 aromatic carbocycles. The Morgan fingerprint density at radius 3 is 2.50 bits per heavy atom. The van der Waals surface area contributed by atoms with Crippen LogP contribution in [0.15, 0.2) is 78.9 Å². The number of hydrogen-bond acceptors (Lipinski definition) is 6. The molecule has 0 saturated carbocycles. The Labute approximate surface area is 220 Å². The number of benzene rings is 3. The van der Waals surface area contributed by atoms with Gasteiger partial charge in [0.2, 0.25) is 5.91 Å². The minimum absolute atomic E-state index is 0.337. The molecule has 0 aliphatic rings. The highest BCUT2D eigenvalue weighted by Crippen LogP contribution is 2.41. The highest BCUT2D eigenvalue weighted by molar-refractivity contribution is 6.01. The molecule has 0 aromatic heterocycles. The second kappa shape index (κ2) is 12.4. The van der Waals surface area contributed by atoms with Crippen molar-refractivity contribution in [3.63, 3.8) is 0 Å². The summed E-state index contributed by atoms with van der Waals surface area (Å²) in [5.74, 6) is -1.69. The molecule has 38 heavy (non-hydrogen) atoms. The smallest absolute Gasteiger partial charge is 0.412 e. The van der Waals surface area contributed by atoms with Crippen molar-refractivity contribution < 1.29 is 23.8 Å². The van der Waals surface area contributed by atoms with E-state index in [0.29, 0.717) is 41.0 Å². The molecule has 0 spiro atoms. The van der Waals surface area contributed by atoms with Crippen LogP contribution in [0.2, 0.25) is 0 Å². The Balaban J connectivity index is 1.70. The van der Waals surface area contributed by atoms with E-state index < -0.39 is 29.2 Å². The van der Waals surface area contributed by atoms with Crippen LogP contribution in [0.4, 0.5) is 26.2 Å². The number of halogens is 1. The van der Waals surface area contributed by atoms with Crippen molar-refractivity contribution in [3.8, 4) is 11.8 Å². The summed E-state index contributed by atoms with van der Waals surface area (Å²) in [6.07, 6.45) is 2.38. The summed E-state index contributed by atoms with van der Waals surface area (Å²) in [5, 5.41) is 23.9. The number of nitrogens with one attached hydrogen (secondary N) is 2. The predicted octanol–water partition coefficient (Wildman–Crippen LogP) is 6.28. The molecule has 196 valence electrons. The van der Waals surface area contributed by atoms with E-state index in [2.05, 4.69) is 10.6 Å². The standard InChI is InChI=1S/C29H29FN4O4/c1-29(2,16-6-5-9-26(36)34-24-8-4-3-7-23(24)32)27(20-12-15-25(35)22(30)17-20)38-28(37)33-21-13-10-19(18-31)11-14-21/h3-5,7-15,17,27,35H,6,16,32H2,1-2H3,(H,33,37)(H,34,36)/b9-5+/t27-/m1/s1. The number of anilines is 3. The van der Waals surface area contributed by atoms with Gasteiger partial charge in [-0.05, 0) is 73.0 Å². The van der Waals surface area contributed by atoms with E-state index in [0.717, 1.165) is 6.07 Å². The van der Waals surface area contributed by atoms with Crippen LogP contribution in [-0.2, 0) is 9.53 Å². The lowest BCUT2D eigenvalue weighted by molar-refractivity contribution is -0.111. The molecule has 0 bridgehead atoms. The van der Waals surface area contributed by atoms with Gasteiger partial charge in [-0.25, -0.2) is 9.18 Å². The molecular weight excluding hydrogens is 487 g/mol. The van der Waals surface area contributed by atoms with Gasteiger partial charge < -0.3 is 20.9 Å². The normalized spacial score (nSPS) is 11.9. The molecule has 2 amide bonds. The zero-order chi connectivity index (χ0) is 27.7. The molecule has 0 radical (unpaired) electrons. The van der Waals surface area contributed by atoms with Crippen LogP contribution >= 0.6 is 0 Å². The first kappa shape index (κ1) is 27.7. The largest absolute Gasteiger partial charge is 0.505 e. The maximum atomic E-state index is 14.2. The Bertz CT molecular complexity index is 1360. The minimum atomic E-state index is -0.887. The Hall–Kier alpha value is -4.84. The van der Waals surface area contributed by atoms with Gasteiger partial charge >= 0.3 is 6.09 Å². The van der Waals surface area contributed by atoms with Crippen LogP contribution in [0.5, 0.6) is 5.75 Å². The van der Waals surface area contributed by atoms with Crippen LogP contribution in [0.1, 0.15) is 43.9 Å². The summed E-state index contributed by atoms with van der Waals surface area (Å²) >= 11 is 0. The lowest BCUT2D eigenvalue weighted by atomic mass is 9.78. The van der Waals surface area contributed by atoms with Gasteiger partial charge in [-0.15, -0.1) is 0 Å². The number of rotatable bonds is 9. The fourth-order valence-corrected chi connectivity index (χ4v) is 3.81. The summed E-state index contributed by atoms with van der Waals surface area (Å²) in [6.45, 7) is 3.71. The third-order valence-corrected chi connectivity index (χ3v) is 5.91. The Morgan fingerprint density at radius 2 is 1.84 bits per heavy atom. The van der Waals surface area contributed by atoms with E-state index in [-0.39, 0.29) is 5.91 Å². The average Bonchev–Trinajstić information content (AvgIpc) is 2.89. The molecule has 9 heteroatoms. The van der Waals surface area contributed by atoms with E-state index >= 15 is 0 Å². The number of aromatic hydroxyl groups is 1. The van der Waals surface area contributed by atoms with Gasteiger partial charge in [0.1, 0.15) is 6.10 Å². The Morgan fingerprint density at radius 1 is 1.13 bits per heavy atom. The molecule has 1 atom stereocenters. The molecule has 3 rings (SSSR count). The van der Waals surface area contributed by atoms with Crippen LogP contribution in [-0.4, -0.2) is 17.1 Å². The van der Waals surface area contributed by atoms with Crippen molar-refractivity contribution in [2.24, 2.45) is 5.41 Å². The van der Waals surface area contributed by atoms with Crippen molar-refractivity contribution in [2.75, 3.05) is 16.4 Å². The monoisotopic (exact) mass is 516 g/mol. The van der Waals surface area contributed by atoms with Gasteiger partial charge in [0.25, 0.3) is 0 Å². The first-order valence-electron chi connectivity index (χ1n) is 11.9. The van der Waals surface area contributed by atoms with Gasteiger partial charge in [-0.1, -0.05) is 38.1 Å². The minimum Gasteiger partial charge on any atom is -0.505 e. The Kier molecular flexibility index (Phi) is 9.06. The van der Waals surface area contributed by atoms with Gasteiger partial charge in [-0.2, -0.15) is 5.26 Å². The van der Waals surface area contributed by atoms with E-state index in [9.17, 15) is 19.1 Å². The zero-order valence-corrected chi connectivity index (χ0v) is 21.1. The molecule has 0 unspecified atom stereocenters. The number of hydrogen-bond donors (Lipinski definition) is 4. The number of para-hydroxylation sites is 2. The van der Waals surface area contributed by atoms with Crippen molar-refractivity contribution in [1.29, 1.82) is 5.26 Å². The number of allylic oxidation sites excluding steroid dienone is 1. The number of ether oxygens (including phenoxy) is 1. The maximum absolute atomic E-state index is 14.2. The summed E-state index contributed by atoms with van der Waals surface area (Å²) in [7, 11) is 0. The fourth-order valence-electron chi connectivity index (χ4n) is 3.81. The number of nitrogens with two attached hydrogens (primary N) is 1. The van der Waals surface area contributed by atoms with Crippen LogP contribution in [0, 0.1) is 22.6 Å². The molecule has 0 aliphatic carbocycles. The molecule has 0 fully saturated rings. The summed E-state index contributed by atoms with van der Waals surface area (Å²) in [4.78, 5) is 25.0. The number of nitriles is 1. The summed E-state index contributed by atoms with van der Waals surface area (Å²) in [6, 6.07) is 19.0. The first-order valence-corrected chi connectivity index (χ1v) is 11.9. The third kappa shape index (κ3) is 7.58. The van der Waals surface area contributed by atoms with Gasteiger partial charge in [0, 0.05) is 11.1 Å². The SMILES string of the molecule is CC(C)(CC/C=C/C(=O)Nc1ccccc1N)[C@H](OC(=O)Nc1ccc(C#N)cc1)c1ccc(O)c(F)c1. The van der Waals surface area contributed by atoms with Crippen molar-refractivity contribution in [2.45, 2.75) is 32.8 Å². The molecule has 0 heterocycles. The first-order chi connectivity index (χ1) is 18.1. The molecule has 0 saturated heterocycles. The van der Waals surface area contributed by atoms with Crippen LogP contribution in [0.3, 0.4) is 0 Å². The highest BCUT2D eigenvalue weighted by Gasteiger charge is 2.34. The van der Waals surface area contributed by atoms with Crippen LogP contribution < -0.4 is 16.4 Å². The molecule has 5 N–H and O–H groups in total. The number of carbonyl (C=O) groups excluding carboxylic acids is 2. The van der Waals surface area contributed by atoms with E-state index in [1.165, 1.54) is 18.2 Å². The molecule has 8 nitrogen and oxygen atoms in total. The number of carbonyl (C=O) groups is 2. The summed E-state index contributed by atoms with van der Waals surface area (Å²) in [5.41, 5.74) is 7.35. The molecular formula is C29H29FN4O4. The number of nitrogens with zero attached hydrogens (tertiary/aromatic N) is 1. The quantitative estimate of drug-likeness (QED) is 0.195. The molecule has 3 aromatic rings. The third-order valence-electron chi connectivity index (χ3n) is 5.91. The van der Waals surface area contributed by atoms with Gasteiger partial charge in [0.05, 0.1) is 23.0 Å². The molecule has 0 aliphatic heterocycles. The number of amides is 2. The number of phenolic OH excluding ortho intramolecular Hbond substituents is 1. The van der Waals surface area contributed by atoms with Crippen molar-refractivity contribution in [1.82, 2.24) is 0 Å². The zero-order valence-electron chi connectivity index (χ0n) is 21.1. The lowest BCUT2D eigenvalue weighted by Crippen LogP contribution is -2.29. The second-order valence-electron chi connectivity index (χ2n) is 9.32. The topological polar surface area (TPSA) is 137 Å². The second-order valence-corrected chi connectivity index (χ2v) is 9.32. The van der Waals surface area contributed by atoms with Gasteiger partial charge in [-0.3, -0.25) is 10.1 Å². The average molecular weight is 517 g/mol. The van der Waals surface area contributed by atoms with E-state index in [1.54, 1.807) is 54.6 Å².